The van der Waals surface area contributed by atoms with Gasteiger partial charge >= 0.3 is 6.03 Å². The number of hydrogen-bond acceptors (Lipinski definition) is 4. The molecule has 25 heavy (non-hydrogen) atoms. The van der Waals surface area contributed by atoms with Gasteiger partial charge in [-0.05, 0) is 56.2 Å². The minimum atomic E-state index is -0.0755. The van der Waals surface area contributed by atoms with E-state index in [9.17, 15) is 4.79 Å². The lowest BCUT2D eigenvalue weighted by Crippen LogP contribution is -2.38. The molecule has 0 aromatic carbocycles. The van der Waals surface area contributed by atoms with Gasteiger partial charge in [-0.25, -0.2) is 9.78 Å². The molecule has 2 saturated heterocycles. The van der Waals surface area contributed by atoms with Crippen LogP contribution in [0.1, 0.15) is 37.7 Å². The Morgan fingerprint density at radius 2 is 1.96 bits per heavy atom. The summed E-state index contributed by atoms with van der Waals surface area (Å²) in [5.41, 5.74) is 1.04. The number of carbonyl (C=O) groups excluding carboxylic acids is 1. The first-order valence-electron chi connectivity index (χ1n) is 9.73. The number of rotatable bonds is 6. The second kappa shape index (κ2) is 7.60. The Morgan fingerprint density at radius 1 is 1.12 bits per heavy atom. The van der Waals surface area contributed by atoms with Crippen LogP contribution < -0.4 is 15.5 Å². The second-order valence-corrected chi connectivity index (χ2v) is 7.66. The van der Waals surface area contributed by atoms with Crippen LogP contribution in [-0.4, -0.2) is 54.7 Å². The predicted octanol–water partition coefficient (Wildman–Crippen LogP) is 1.97. The molecule has 2 N–H and O–H groups in total. The first-order valence-corrected chi connectivity index (χ1v) is 9.73. The van der Waals surface area contributed by atoms with Crippen LogP contribution in [0.3, 0.4) is 0 Å². The summed E-state index contributed by atoms with van der Waals surface area (Å²) in [6, 6.07) is 4.89. The van der Waals surface area contributed by atoms with Crippen molar-refractivity contribution in [2.75, 3.05) is 37.6 Å². The fraction of sp³-hybridized carbons (Fsp3) is 0.684. The molecule has 6 nitrogen and oxygen atoms in total. The third-order valence-corrected chi connectivity index (χ3v) is 5.62. The van der Waals surface area contributed by atoms with Gasteiger partial charge in [0.15, 0.2) is 0 Å². The van der Waals surface area contributed by atoms with Crippen LogP contribution in [0, 0.1) is 5.92 Å². The summed E-state index contributed by atoms with van der Waals surface area (Å²) in [6.07, 6.45) is 8.32. The van der Waals surface area contributed by atoms with Crippen molar-refractivity contribution >= 4 is 11.8 Å². The Morgan fingerprint density at radius 3 is 2.68 bits per heavy atom. The number of hydrogen-bond donors (Lipinski definition) is 2. The fourth-order valence-corrected chi connectivity index (χ4v) is 3.94. The summed E-state index contributed by atoms with van der Waals surface area (Å²) >= 11 is 0. The van der Waals surface area contributed by atoms with E-state index in [0.29, 0.717) is 12.5 Å². The van der Waals surface area contributed by atoms with Crippen molar-refractivity contribution in [3.8, 4) is 0 Å². The molecule has 1 saturated carbocycles. The fourth-order valence-electron chi connectivity index (χ4n) is 3.94. The van der Waals surface area contributed by atoms with E-state index in [1.807, 2.05) is 6.20 Å². The van der Waals surface area contributed by atoms with Crippen molar-refractivity contribution in [1.29, 1.82) is 0 Å². The van der Waals surface area contributed by atoms with E-state index in [-0.39, 0.29) is 6.03 Å². The third-order valence-electron chi connectivity index (χ3n) is 5.62. The zero-order chi connectivity index (χ0) is 17.1. The lowest BCUT2D eigenvalue weighted by Gasteiger charge is -2.16. The number of amides is 2. The van der Waals surface area contributed by atoms with Gasteiger partial charge in [0, 0.05) is 45.0 Å². The van der Waals surface area contributed by atoms with Gasteiger partial charge in [0.25, 0.3) is 0 Å². The number of carbonyl (C=O) groups is 1. The summed E-state index contributed by atoms with van der Waals surface area (Å²) in [4.78, 5) is 21.4. The summed E-state index contributed by atoms with van der Waals surface area (Å²) in [5.74, 6) is 1.65. The van der Waals surface area contributed by atoms with Crippen LogP contribution in [0.5, 0.6) is 0 Å². The molecule has 3 aliphatic rings. The Labute approximate surface area is 150 Å². The average molecular weight is 343 g/mol. The van der Waals surface area contributed by atoms with E-state index >= 15 is 0 Å². The van der Waals surface area contributed by atoms with Crippen LogP contribution in [0.25, 0.3) is 0 Å². The highest BCUT2D eigenvalue weighted by molar-refractivity contribution is 5.73. The normalized spacial score (nSPS) is 23.8. The van der Waals surface area contributed by atoms with Crippen molar-refractivity contribution in [2.45, 2.75) is 44.7 Å². The zero-order valence-electron chi connectivity index (χ0n) is 14.9. The van der Waals surface area contributed by atoms with E-state index in [1.165, 1.54) is 38.6 Å². The van der Waals surface area contributed by atoms with Crippen molar-refractivity contribution in [2.24, 2.45) is 5.92 Å². The monoisotopic (exact) mass is 343 g/mol. The lowest BCUT2D eigenvalue weighted by molar-refractivity contribution is 0.238. The van der Waals surface area contributed by atoms with Crippen LogP contribution >= 0.6 is 0 Å². The minimum Gasteiger partial charge on any atom is -0.357 e. The van der Waals surface area contributed by atoms with E-state index < -0.39 is 0 Å². The van der Waals surface area contributed by atoms with Gasteiger partial charge < -0.3 is 20.4 Å². The molecular formula is C19H29N5O. The number of pyridine rings is 1. The molecule has 0 bridgehead atoms. The van der Waals surface area contributed by atoms with Gasteiger partial charge in [0.05, 0.1) is 0 Å². The second-order valence-electron chi connectivity index (χ2n) is 7.66. The maximum atomic E-state index is 12.0. The highest BCUT2D eigenvalue weighted by Crippen LogP contribution is 2.31. The first-order chi connectivity index (χ1) is 12.3. The largest absolute Gasteiger partial charge is 0.357 e. The number of anilines is 1. The Kier molecular flexibility index (Phi) is 5.06. The Bertz CT molecular complexity index is 580. The van der Waals surface area contributed by atoms with E-state index in [4.69, 9.17) is 0 Å². The SMILES string of the molecule is O=C(NCc1ccc(N2CCCC2)nc1)NCC1CCN(C2CC2)C1. The maximum Gasteiger partial charge on any atom is 0.315 e. The average Bonchev–Trinajstić information content (AvgIpc) is 3.15. The highest BCUT2D eigenvalue weighted by Gasteiger charge is 2.34. The third kappa shape index (κ3) is 4.42. The molecule has 136 valence electrons. The highest BCUT2D eigenvalue weighted by atomic mass is 16.2. The molecule has 3 fully saturated rings. The molecule has 4 rings (SSSR count). The molecule has 1 aromatic heterocycles. The lowest BCUT2D eigenvalue weighted by atomic mass is 10.1. The van der Waals surface area contributed by atoms with Crippen LogP contribution in [0.15, 0.2) is 18.3 Å². The zero-order valence-corrected chi connectivity index (χ0v) is 14.9. The van der Waals surface area contributed by atoms with E-state index in [2.05, 4.69) is 37.6 Å². The number of nitrogens with one attached hydrogen (secondary N) is 2. The molecule has 0 radical (unpaired) electrons. The molecule has 1 aromatic rings. The quantitative estimate of drug-likeness (QED) is 0.829. The molecule has 6 heteroatoms. The number of nitrogens with zero attached hydrogens (tertiary/aromatic N) is 3. The summed E-state index contributed by atoms with van der Waals surface area (Å²) in [7, 11) is 0. The number of urea groups is 1. The summed E-state index contributed by atoms with van der Waals surface area (Å²) in [5, 5.41) is 5.97. The van der Waals surface area contributed by atoms with Crippen molar-refractivity contribution in [1.82, 2.24) is 20.5 Å². The van der Waals surface area contributed by atoms with E-state index in [0.717, 1.165) is 43.6 Å². The van der Waals surface area contributed by atoms with Crippen molar-refractivity contribution in [3.63, 3.8) is 0 Å². The molecule has 2 aliphatic heterocycles. The molecule has 1 atom stereocenters. The standard InChI is InChI=1S/C19H29N5O/c25-19(22-13-16-7-10-24(14-16)17-4-5-17)21-12-15-3-6-18(20-11-15)23-8-1-2-9-23/h3,6,11,16-17H,1-2,4-5,7-10,12-14H2,(H2,21,22,25). The van der Waals surface area contributed by atoms with Gasteiger partial charge in [0.1, 0.15) is 5.82 Å². The topological polar surface area (TPSA) is 60.5 Å². The summed E-state index contributed by atoms with van der Waals surface area (Å²) in [6.45, 7) is 5.86. The maximum absolute atomic E-state index is 12.0. The smallest absolute Gasteiger partial charge is 0.315 e. The van der Waals surface area contributed by atoms with Gasteiger partial charge in [-0.3, -0.25) is 0 Å². The van der Waals surface area contributed by atoms with Gasteiger partial charge in [-0.2, -0.15) is 0 Å². The summed E-state index contributed by atoms with van der Waals surface area (Å²) < 4.78 is 0. The molecule has 0 spiro atoms. The Hall–Kier alpha value is -1.82. The van der Waals surface area contributed by atoms with E-state index in [1.54, 1.807) is 0 Å². The van der Waals surface area contributed by atoms with Gasteiger partial charge in [-0.1, -0.05) is 6.07 Å². The predicted molar refractivity (Wildman–Crippen MR) is 98.6 cm³/mol. The molecule has 2 amide bonds. The number of likely N-dealkylation sites (tertiary alicyclic amines) is 1. The van der Waals surface area contributed by atoms with Gasteiger partial charge in [-0.15, -0.1) is 0 Å². The first kappa shape index (κ1) is 16.6. The molecule has 1 unspecified atom stereocenters. The van der Waals surface area contributed by atoms with Crippen LogP contribution in [0.2, 0.25) is 0 Å². The number of aromatic nitrogens is 1. The molecule has 3 heterocycles. The Balaban J connectivity index is 1.16. The minimum absolute atomic E-state index is 0.0755. The molecular weight excluding hydrogens is 314 g/mol. The van der Waals surface area contributed by atoms with Crippen LogP contribution in [-0.2, 0) is 6.54 Å². The molecule has 1 aliphatic carbocycles. The van der Waals surface area contributed by atoms with Crippen LogP contribution in [0.4, 0.5) is 10.6 Å². The van der Waals surface area contributed by atoms with Crippen molar-refractivity contribution < 1.29 is 4.79 Å². The van der Waals surface area contributed by atoms with Crippen molar-refractivity contribution in [3.05, 3.63) is 23.9 Å². The van der Waals surface area contributed by atoms with Gasteiger partial charge in [0.2, 0.25) is 0 Å².